The smallest absolute Gasteiger partial charge is 0.272 e. The molecule has 1 aromatic carbocycles. The minimum Gasteiger partial charge on any atom is -0.393 e. The van der Waals surface area contributed by atoms with E-state index in [1.54, 1.807) is 0 Å². The predicted octanol–water partition coefficient (Wildman–Crippen LogP) is 2.56. The van der Waals surface area contributed by atoms with Crippen molar-refractivity contribution in [3.8, 4) is 0 Å². The van der Waals surface area contributed by atoms with E-state index in [1.165, 1.54) is 18.2 Å². The monoisotopic (exact) mass is 229 g/mol. The highest BCUT2D eigenvalue weighted by Gasteiger charge is 2.16. The fourth-order valence-corrected chi connectivity index (χ4v) is 1.49. The van der Waals surface area contributed by atoms with Crippen molar-refractivity contribution in [1.82, 2.24) is 0 Å². The van der Waals surface area contributed by atoms with E-state index in [9.17, 15) is 15.2 Å². The zero-order valence-electron chi connectivity index (χ0n) is 8.31. The molecule has 1 aromatic rings. The van der Waals surface area contributed by atoms with Crippen LogP contribution in [0.1, 0.15) is 18.9 Å². The van der Waals surface area contributed by atoms with Crippen LogP contribution in [0, 0.1) is 10.1 Å². The molecule has 0 aromatic heterocycles. The molecule has 0 bridgehead atoms. The number of nitro groups is 1. The number of nitro benzene ring substituents is 1. The van der Waals surface area contributed by atoms with E-state index in [2.05, 4.69) is 0 Å². The number of aliphatic hydroxyl groups is 1. The second kappa shape index (κ2) is 5.09. The zero-order valence-corrected chi connectivity index (χ0v) is 9.07. The summed E-state index contributed by atoms with van der Waals surface area (Å²) in [5, 5.41) is 20.6. The minimum atomic E-state index is -0.567. The lowest BCUT2D eigenvalue weighted by Crippen LogP contribution is -2.10. The van der Waals surface area contributed by atoms with Crippen LogP contribution in [-0.4, -0.2) is 16.1 Å². The van der Waals surface area contributed by atoms with E-state index < -0.39 is 11.0 Å². The largest absolute Gasteiger partial charge is 0.393 e. The molecule has 0 saturated carbocycles. The summed E-state index contributed by atoms with van der Waals surface area (Å²) in [5.41, 5.74) is 0.480. The van der Waals surface area contributed by atoms with Gasteiger partial charge in [0, 0.05) is 23.1 Å². The SMILES string of the molecule is CCC(O)Cc1cc(Cl)ccc1[N+](=O)[O-]. The third-order valence-corrected chi connectivity index (χ3v) is 2.40. The molecule has 0 saturated heterocycles. The number of hydrogen-bond acceptors (Lipinski definition) is 3. The minimum absolute atomic E-state index is 0.00639. The Morgan fingerprint density at radius 2 is 2.27 bits per heavy atom. The van der Waals surface area contributed by atoms with Crippen molar-refractivity contribution in [1.29, 1.82) is 0 Å². The van der Waals surface area contributed by atoms with E-state index in [0.717, 1.165) is 0 Å². The van der Waals surface area contributed by atoms with Crippen molar-refractivity contribution in [2.75, 3.05) is 0 Å². The molecule has 0 spiro atoms. The summed E-state index contributed by atoms with van der Waals surface area (Å²) in [6.07, 6.45) is 0.249. The summed E-state index contributed by atoms with van der Waals surface area (Å²) in [6, 6.07) is 4.36. The molecule has 0 aliphatic heterocycles. The average Bonchev–Trinajstić information content (AvgIpc) is 2.17. The highest BCUT2D eigenvalue weighted by atomic mass is 35.5. The summed E-state index contributed by atoms with van der Waals surface area (Å²) in [4.78, 5) is 10.2. The highest BCUT2D eigenvalue weighted by Crippen LogP contribution is 2.24. The lowest BCUT2D eigenvalue weighted by molar-refractivity contribution is -0.385. The molecule has 0 radical (unpaired) electrons. The number of nitrogens with zero attached hydrogens (tertiary/aromatic N) is 1. The van der Waals surface area contributed by atoms with Gasteiger partial charge < -0.3 is 5.11 Å². The zero-order chi connectivity index (χ0) is 11.4. The number of aliphatic hydroxyl groups excluding tert-OH is 1. The first-order chi connectivity index (χ1) is 7.04. The fourth-order valence-electron chi connectivity index (χ4n) is 1.29. The van der Waals surface area contributed by atoms with E-state index >= 15 is 0 Å². The molecule has 1 atom stereocenters. The van der Waals surface area contributed by atoms with Gasteiger partial charge in [-0.2, -0.15) is 0 Å². The molecule has 4 nitrogen and oxygen atoms in total. The van der Waals surface area contributed by atoms with E-state index in [0.29, 0.717) is 17.0 Å². The van der Waals surface area contributed by atoms with Crippen molar-refractivity contribution in [2.24, 2.45) is 0 Å². The van der Waals surface area contributed by atoms with Gasteiger partial charge >= 0.3 is 0 Å². The molecule has 1 rings (SSSR count). The van der Waals surface area contributed by atoms with Gasteiger partial charge in [0.15, 0.2) is 0 Å². The summed E-state index contributed by atoms with van der Waals surface area (Å²) in [6.45, 7) is 1.82. The van der Waals surface area contributed by atoms with E-state index in [-0.39, 0.29) is 12.1 Å². The second-order valence-corrected chi connectivity index (χ2v) is 3.73. The van der Waals surface area contributed by atoms with Crippen molar-refractivity contribution >= 4 is 17.3 Å². The molecular weight excluding hydrogens is 218 g/mol. The van der Waals surface area contributed by atoms with Crippen LogP contribution in [0.2, 0.25) is 5.02 Å². The first kappa shape index (κ1) is 11.9. The van der Waals surface area contributed by atoms with Crippen molar-refractivity contribution in [3.63, 3.8) is 0 Å². The van der Waals surface area contributed by atoms with Crippen molar-refractivity contribution in [3.05, 3.63) is 38.9 Å². The van der Waals surface area contributed by atoms with Gasteiger partial charge in [0.05, 0.1) is 11.0 Å². The van der Waals surface area contributed by atoms with Gasteiger partial charge in [-0.1, -0.05) is 18.5 Å². The number of hydrogen-bond donors (Lipinski definition) is 1. The van der Waals surface area contributed by atoms with Crippen molar-refractivity contribution in [2.45, 2.75) is 25.9 Å². The summed E-state index contributed by atoms with van der Waals surface area (Å²) in [5.74, 6) is 0. The van der Waals surface area contributed by atoms with Crippen LogP contribution in [0.4, 0.5) is 5.69 Å². The maximum atomic E-state index is 10.7. The van der Waals surface area contributed by atoms with Crippen LogP contribution in [0.3, 0.4) is 0 Å². The van der Waals surface area contributed by atoms with Crippen LogP contribution >= 0.6 is 11.6 Å². The normalized spacial score (nSPS) is 12.5. The molecule has 0 amide bonds. The molecule has 0 aliphatic carbocycles. The first-order valence-electron chi connectivity index (χ1n) is 4.65. The lowest BCUT2D eigenvalue weighted by atomic mass is 10.0. The van der Waals surface area contributed by atoms with Gasteiger partial charge in [-0.05, 0) is 18.6 Å². The van der Waals surface area contributed by atoms with Gasteiger partial charge in [0.1, 0.15) is 0 Å². The molecular formula is C10H12ClNO3. The predicted molar refractivity (Wildman–Crippen MR) is 58.1 cm³/mol. The number of rotatable bonds is 4. The van der Waals surface area contributed by atoms with E-state index in [1.807, 2.05) is 6.92 Å². The van der Waals surface area contributed by atoms with Crippen LogP contribution in [-0.2, 0) is 6.42 Å². The maximum absolute atomic E-state index is 10.7. The summed E-state index contributed by atoms with van der Waals surface area (Å²) < 4.78 is 0. The molecule has 15 heavy (non-hydrogen) atoms. The van der Waals surface area contributed by atoms with Gasteiger partial charge in [-0.25, -0.2) is 0 Å². The summed E-state index contributed by atoms with van der Waals surface area (Å²) >= 11 is 5.74. The molecule has 0 fully saturated rings. The molecule has 5 heteroatoms. The van der Waals surface area contributed by atoms with Gasteiger partial charge in [0.25, 0.3) is 5.69 Å². The van der Waals surface area contributed by atoms with Gasteiger partial charge in [0.2, 0.25) is 0 Å². The molecule has 1 unspecified atom stereocenters. The molecule has 1 N–H and O–H groups in total. The van der Waals surface area contributed by atoms with Crippen LogP contribution < -0.4 is 0 Å². The third kappa shape index (κ3) is 3.18. The Balaban J connectivity index is 3.02. The number of benzene rings is 1. The van der Waals surface area contributed by atoms with Crippen LogP contribution in [0.5, 0.6) is 0 Å². The van der Waals surface area contributed by atoms with Gasteiger partial charge in [-0.3, -0.25) is 10.1 Å². The van der Waals surface area contributed by atoms with Crippen LogP contribution in [0.25, 0.3) is 0 Å². The Kier molecular flexibility index (Phi) is 4.05. The molecule has 0 aliphatic rings. The second-order valence-electron chi connectivity index (χ2n) is 3.30. The standard InChI is InChI=1S/C10H12ClNO3/c1-2-9(13)6-7-5-8(11)3-4-10(7)12(14)15/h3-5,9,13H,2,6H2,1H3. The van der Waals surface area contributed by atoms with Crippen molar-refractivity contribution < 1.29 is 10.0 Å². The third-order valence-electron chi connectivity index (χ3n) is 2.17. The summed E-state index contributed by atoms with van der Waals surface area (Å²) in [7, 11) is 0. The Morgan fingerprint density at radius 1 is 1.60 bits per heavy atom. The number of halogens is 1. The lowest BCUT2D eigenvalue weighted by Gasteiger charge is -2.08. The van der Waals surface area contributed by atoms with Gasteiger partial charge in [-0.15, -0.1) is 0 Å². The molecule has 0 heterocycles. The Morgan fingerprint density at radius 3 is 2.80 bits per heavy atom. The average molecular weight is 230 g/mol. The van der Waals surface area contributed by atoms with E-state index in [4.69, 9.17) is 11.6 Å². The quantitative estimate of drug-likeness (QED) is 0.638. The fraction of sp³-hybridized carbons (Fsp3) is 0.400. The molecule has 82 valence electrons. The van der Waals surface area contributed by atoms with Crippen LogP contribution in [0.15, 0.2) is 18.2 Å². The first-order valence-corrected chi connectivity index (χ1v) is 5.03. The Hall–Kier alpha value is -1.13. The topological polar surface area (TPSA) is 63.4 Å². The highest BCUT2D eigenvalue weighted by molar-refractivity contribution is 6.30. The Bertz CT molecular complexity index is 368. The maximum Gasteiger partial charge on any atom is 0.272 e. The Labute approximate surface area is 92.6 Å².